The first-order chi connectivity index (χ1) is 11.1. The van der Waals surface area contributed by atoms with E-state index in [2.05, 4.69) is 10.3 Å². The number of halogens is 1. The molecule has 2 aromatic rings. The number of anilines is 1. The third-order valence-corrected chi connectivity index (χ3v) is 3.85. The summed E-state index contributed by atoms with van der Waals surface area (Å²) in [6, 6.07) is 9.35. The fraction of sp³-hybridized carbons (Fsp3) is 0.235. The second kappa shape index (κ2) is 6.56. The topological polar surface area (TPSA) is 62.3 Å². The van der Waals surface area contributed by atoms with Crippen LogP contribution in [0.4, 0.5) is 10.1 Å². The minimum absolute atomic E-state index is 0.124. The molecule has 0 bridgehead atoms. The minimum atomic E-state index is -0.394. The average Bonchev–Trinajstić information content (AvgIpc) is 2.96. The highest BCUT2D eigenvalue weighted by Gasteiger charge is 2.34. The summed E-state index contributed by atoms with van der Waals surface area (Å²) in [7, 11) is 0. The Kier molecular flexibility index (Phi) is 4.32. The van der Waals surface area contributed by atoms with Gasteiger partial charge in [0.2, 0.25) is 11.8 Å². The summed E-state index contributed by atoms with van der Waals surface area (Å²) in [6.45, 7) is 0.717. The van der Waals surface area contributed by atoms with Gasteiger partial charge in [-0.2, -0.15) is 0 Å². The van der Waals surface area contributed by atoms with E-state index in [1.807, 2.05) is 12.1 Å². The Morgan fingerprint density at radius 1 is 1.22 bits per heavy atom. The molecule has 1 aromatic heterocycles. The minimum Gasteiger partial charge on any atom is -0.352 e. The van der Waals surface area contributed by atoms with Gasteiger partial charge in [0.1, 0.15) is 5.82 Å². The summed E-state index contributed by atoms with van der Waals surface area (Å²) in [4.78, 5) is 29.8. The smallest absolute Gasteiger partial charge is 0.227 e. The van der Waals surface area contributed by atoms with Gasteiger partial charge in [-0.05, 0) is 42.0 Å². The summed E-state index contributed by atoms with van der Waals surface area (Å²) in [6.07, 6.45) is 3.49. The molecular weight excluding hydrogens is 297 g/mol. The van der Waals surface area contributed by atoms with Crippen molar-refractivity contribution in [1.29, 1.82) is 0 Å². The van der Waals surface area contributed by atoms with E-state index in [1.54, 1.807) is 24.5 Å². The zero-order valence-electron chi connectivity index (χ0n) is 12.4. The van der Waals surface area contributed by atoms with Crippen LogP contribution in [0.1, 0.15) is 12.0 Å². The fourth-order valence-corrected chi connectivity index (χ4v) is 2.59. The van der Waals surface area contributed by atoms with Crippen molar-refractivity contribution in [2.24, 2.45) is 5.92 Å². The van der Waals surface area contributed by atoms with Crippen molar-refractivity contribution in [3.63, 3.8) is 0 Å². The van der Waals surface area contributed by atoms with Crippen molar-refractivity contribution >= 4 is 17.5 Å². The molecule has 0 saturated carbocycles. The molecular formula is C17H16FN3O2. The van der Waals surface area contributed by atoms with Crippen LogP contribution in [-0.4, -0.2) is 23.3 Å². The van der Waals surface area contributed by atoms with Crippen molar-refractivity contribution < 1.29 is 14.0 Å². The molecule has 0 unspecified atom stereocenters. The van der Waals surface area contributed by atoms with Gasteiger partial charge >= 0.3 is 0 Å². The van der Waals surface area contributed by atoms with Crippen LogP contribution < -0.4 is 10.2 Å². The van der Waals surface area contributed by atoms with Gasteiger partial charge in [0.15, 0.2) is 0 Å². The van der Waals surface area contributed by atoms with E-state index in [0.29, 0.717) is 18.8 Å². The summed E-state index contributed by atoms with van der Waals surface area (Å²) < 4.78 is 13.0. The third-order valence-electron chi connectivity index (χ3n) is 3.85. The van der Waals surface area contributed by atoms with E-state index in [4.69, 9.17) is 0 Å². The van der Waals surface area contributed by atoms with Crippen LogP contribution >= 0.6 is 0 Å². The lowest BCUT2D eigenvalue weighted by atomic mass is 10.1. The van der Waals surface area contributed by atoms with Crippen molar-refractivity contribution in [2.45, 2.75) is 13.0 Å². The molecule has 6 heteroatoms. The highest BCUT2D eigenvalue weighted by Crippen LogP contribution is 2.25. The van der Waals surface area contributed by atoms with Crippen LogP contribution in [0, 0.1) is 11.7 Å². The lowest BCUT2D eigenvalue weighted by Gasteiger charge is -2.16. The molecule has 2 heterocycles. The molecule has 0 spiro atoms. The maximum atomic E-state index is 13.0. The average molecular weight is 313 g/mol. The lowest BCUT2D eigenvalue weighted by molar-refractivity contribution is -0.126. The Morgan fingerprint density at radius 3 is 2.61 bits per heavy atom. The van der Waals surface area contributed by atoms with E-state index < -0.39 is 5.92 Å². The molecule has 0 aliphatic carbocycles. The van der Waals surface area contributed by atoms with E-state index in [0.717, 1.165) is 5.56 Å². The molecule has 1 saturated heterocycles. The molecule has 3 rings (SSSR count). The Labute approximate surface area is 133 Å². The first-order valence-electron chi connectivity index (χ1n) is 7.36. The molecule has 1 N–H and O–H groups in total. The number of pyridine rings is 1. The lowest BCUT2D eigenvalue weighted by Crippen LogP contribution is -2.32. The molecule has 23 heavy (non-hydrogen) atoms. The van der Waals surface area contributed by atoms with Crippen molar-refractivity contribution in [1.82, 2.24) is 10.3 Å². The van der Waals surface area contributed by atoms with Crippen LogP contribution in [0.2, 0.25) is 0 Å². The molecule has 0 radical (unpaired) electrons. The molecule has 5 nitrogen and oxygen atoms in total. The molecule has 1 aliphatic rings. The summed E-state index contributed by atoms with van der Waals surface area (Å²) in [5.41, 5.74) is 1.56. The maximum absolute atomic E-state index is 13.0. The van der Waals surface area contributed by atoms with Gasteiger partial charge in [0, 0.05) is 37.6 Å². The number of carbonyl (C=O) groups excluding carboxylic acids is 2. The van der Waals surface area contributed by atoms with Gasteiger partial charge in [0.05, 0.1) is 5.92 Å². The standard InChI is InChI=1S/C17H16FN3O2/c18-14-1-3-15(4-2-14)21-11-13(9-16(21)22)17(23)20-10-12-5-7-19-8-6-12/h1-8,13H,9-11H2,(H,20,23)/t13-/m0/s1. The zero-order valence-corrected chi connectivity index (χ0v) is 12.4. The van der Waals surface area contributed by atoms with Gasteiger partial charge in [-0.15, -0.1) is 0 Å². The normalized spacial score (nSPS) is 17.3. The van der Waals surface area contributed by atoms with E-state index >= 15 is 0 Å². The second-order valence-corrected chi connectivity index (χ2v) is 5.46. The van der Waals surface area contributed by atoms with Crippen molar-refractivity contribution in [3.8, 4) is 0 Å². The van der Waals surface area contributed by atoms with Gasteiger partial charge < -0.3 is 10.2 Å². The molecule has 1 aliphatic heterocycles. The number of nitrogens with zero attached hydrogens (tertiary/aromatic N) is 2. The van der Waals surface area contributed by atoms with Gasteiger partial charge in [0.25, 0.3) is 0 Å². The zero-order chi connectivity index (χ0) is 16.2. The third kappa shape index (κ3) is 3.53. The Morgan fingerprint density at radius 2 is 1.91 bits per heavy atom. The van der Waals surface area contributed by atoms with Crippen molar-refractivity contribution in [3.05, 3.63) is 60.2 Å². The predicted octanol–water partition coefficient (Wildman–Crippen LogP) is 1.89. The van der Waals surface area contributed by atoms with Crippen LogP contribution in [0.5, 0.6) is 0 Å². The second-order valence-electron chi connectivity index (χ2n) is 5.46. The van der Waals surface area contributed by atoms with Crippen LogP contribution in [-0.2, 0) is 16.1 Å². The highest BCUT2D eigenvalue weighted by molar-refractivity contribution is 6.00. The molecule has 1 aromatic carbocycles. The van der Waals surface area contributed by atoms with E-state index in [-0.39, 0.29) is 24.1 Å². The number of aromatic nitrogens is 1. The summed E-state index contributed by atoms with van der Waals surface area (Å²) in [5.74, 6) is -1.03. The largest absolute Gasteiger partial charge is 0.352 e. The number of hydrogen-bond donors (Lipinski definition) is 1. The number of nitrogens with one attached hydrogen (secondary N) is 1. The fourth-order valence-electron chi connectivity index (χ4n) is 2.59. The molecule has 118 valence electrons. The van der Waals surface area contributed by atoms with E-state index in [1.165, 1.54) is 17.0 Å². The van der Waals surface area contributed by atoms with Gasteiger partial charge in [-0.3, -0.25) is 14.6 Å². The van der Waals surface area contributed by atoms with Crippen LogP contribution in [0.25, 0.3) is 0 Å². The monoisotopic (exact) mass is 313 g/mol. The van der Waals surface area contributed by atoms with Gasteiger partial charge in [-0.1, -0.05) is 0 Å². The van der Waals surface area contributed by atoms with E-state index in [9.17, 15) is 14.0 Å². The SMILES string of the molecule is O=C(NCc1ccncc1)[C@H]1CC(=O)N(c2ccc(F)cc2)C1. The summed E-state index contributed by atoms with van der Waals surface area (Å²) >= 11 is 0. The van der Waals surface area contributed by atoms with Crippen LogP contribution in [0.15, 0.2) is 48.8 Å². The predicted molar refractivity (Wildman–Crippen MR) is 82.9 cm³/mol. The van der Waals surface area contributed by atoms with Gasteiger partial charge in [-0.25, -0.2) is 4.39 Å². The Bertz CT molecular complexity index is 704. The quantitative estimate of drug-likeness (QED) is 0.937. The molecule has 1 atom stereocenters. The highest BCUT2D eigenvalue weighted by atomic mass is 19.1. The maximum Gasteiger partial charge on any atom is 0.227 e. The number of hydrogen-bond acceptors (Lipinski definition) is 3. The first kappa shape index (κ1) is 15.1. The Hall–Kier alpha value is -2.76. The van der Waals surface area contributed by atoms with Crippen molar-refractivity contribution in [2.75, 3.05) is 11.4 Å². The number of benzene rings is 1. The number of rotatable bonds is 4. The molecule has 2 amide bonds. The first-order valence-corrected chi connectivity index (χ1v) is 7.36. The summed E-state index contributed by atoms with van der Waals surface area (Å²) in [5, 5.41) is 2.84. The van der Waals surface area contributed by atoms with Crippen LogP contribution in [0.3, 0.4) is 0 Å². The molecule has 1 fully saturated rings. The number of amides is 2. The Balaban J connectivity index is 1.60. The number of carbonyl (C=O) groups is 2.